The molecule has 94 valence electrons. The summed E-state index contributed by atoms with van der Waals surface area (Å²) >= 11 is 0. The van der Waals surface area contributed by atoms with Gasteiger partial charge < -0.3 is 5.73 Å². The quantitative estimate of drug-likeness (QED) is 0.861. The van der Waals surface area contributed by atoms with Crippen molar-refractivity contribution in [1.82, 2.24) is 0 Å². The molecule has 0 fully saturated rings. The normalized spacial score (nSPS) is 12.5. The zero-order valence-electron chi connectivity index (χ0n) is 10.4. The highest BCUT2D eigenvalue weighted by Crippen LogP contribution is 2.24. The zero-order chi connectivity index (χ0) is 13.3. The Morgan fingerprint density at radius 2 is 1.67 bits per heavy atom. The van der Waals surface area contributed by atoms with Crippen molar-refractivity contribution in [3.8, 4) is 0 Å². The maximum atomic E-state index is 13.2. The first-order valence-electron chi connectivity index (χ1n) is 5.76. The van der Waals surface area contributed by atoms with Gasteiger partial charge in [0.15, 0.2) is 11.6 Å². The van der Waals surface area contributed by atoms with Crippen molar-refractivity contribution >= 4 is 0 Å². The van der Waals surface area contributed by atoms with E-state index in [4.69, 9.17) is 5.73 Å². The molecule has 2 rings (SSSR count). The second-order valence-corrected chi connectivity index (χ2v) is 4.51. The number of halogens is 2. The lowest BCUT2D eigenvalue weighted by molar-refractivity contribution is 0.506. The van der Waals surface area contributed by atoms with Crippen LogP contribution < -0.4 is 5.73 Å². The third-order valence-electron chi connectivity index (χ3n) is 3.06. The molecule has 0 bridgehead atoms. The van der Waals surface area contributed by atoms with Crippen LogP contribution in [-0.2, 0) is 0 Å². The van der Waals surface area contributed by atoms with Crippen molar-refractivity contribution in [2.75, 3.05) is 0 Å². The molecule has 2 N–H and O–H groups in total. The van der Waals surface area contributed by atoms with Crippen LogP contribution >= 0.6 is 0 Å². The second-order valence-electron chi connectivity index (χ2n) is 4.51. The third-order valence-corrected chi connectivity index (χ3v) is 3.06. The van der Waals surface area contributed by atoms with Gasteiger partial charge in [-0.15, -0.1) is 0 Å². The van der Waals surface area contributed by atoms with E-state index in [9.17, 15) is 8.78 Å². The molecule has 0 aliphatic carbocycles. The molecule has 0 saturated heterocycles. The van der Waals surface area contributed by atoms with Crippen LogP contribution in [0.5, 0.6) is 0 Å². The molecular weight excluding hydrogens is 232 g/mol. The van der Waals surface area contributed by atoms with E-state index in [1.54, 1.807) is 0 Å². The minimum absolute atomic E-state index is 0.444. The van der Waals surface area contributed by atoms with E-state index >= 15 is 0 Å². The fraction of sp³-hybridized carbons (Fsp3) is 0.200. The average Bonchev–Trinajstić information content (AvgIpc) is 2.32. The van der Waals surface area contributed by atoms with Gasteiger partial charge in [0, 0.05) is 0 Å². The first-order chi connectivity index (χ1) is 8.49. The van der Waals surface area contributed by atoms with Gasteiger partial charge in [-0.25, -0.2) is 8.78 Å². The Kier molecular flexibility index (Phi) is 3.43. The van der Waals surface area contributed by atoms with Crippen LogP contribution in [0.15, 0.2) is 36.4 Å². The Bertz CT molecular complexity index is 579. The molecule has 0 amide bonds. The number of benzene rings is 2. The van der Waals surface area contributed by atoms with Gasteiger partial charge in [-0.05, 0) is 42.7 Å². The summed E-state index contributed by atoms with van der Waals surface area (Å²) in [4.78, 5) is 0. The molecule has 0 aliphatic rings. The summed E-state index contributed by atoms with van der Waals surface area (Å²) in [6, 6.07) is 9.24. The first kappa shape index (κ1) is 12.7. The molecule has 0 aliphatic heterocycles. The molecule has 1 atom stereocenters. The maximum Gasteiger partial charge on any atom is 0.159 e. The molecule has 2 aromatic carbocycles. The smallest absolute Gasteiger partial charge is 0.159 e. The number of rotatable bonds is 2. The average molecular weight is 247 g/mol. The van der Waals surface area contributed by atoms with E-state index in [0.717, 1.165) is 28.8 Å². The zero-order valence-corrected chi connectivity index (χ0v) is 10.4. The summed E-state index contributed by atoms with van der Waals surface area (Å²) < 4.78 is 26.1. The van der Waals surface area contributed by atoms with Crippen LogP contribution in [0, 0.1) is 25.5 Å². The standard InChI is InChI=1S/C15H15F2N/c1-9-3-5-12(10(2)7-9)15(18)11-4-6-13(16)14(17)8-11/h3-8,15H,18H2,1-2H3. The molecule has 0 spiro atoms. The summed E-state index contributed by atoms with van der Waals surface area (Å²) in [7, 11) is 0. The fourth-order valence-electron chi connectivity index (χ4n) is 2.06. The van der Waals surface area contributed by atoms with Gasteiger partial charge in [-0.3, -0.25) is 0 Å². The number of aryl methyl sites for hydroxylation is 2. The molecule has 3 heteroatoms. The molecule has 0 heterocycles. The van der Waals surface area contributed by atoms with Crippen LogP contribution in [0.2, 0.25) is 0 Å². The number of hydrogen-bond donors (Lipinski definition) is 1. The summed E-state index contributed by atoms with van der Waals surface area (Å²) in [5, 5.41) is 0. The van der Waals surface area contributed by atoms with Crippen LogP contribution in [0.1, 0.15) is 28.3 Å². The Balaban J connectivity index is 2.41. The summed E-state index contributed by atoms with van der Waals surface area (Å²) in [5.41, 5.74) is 9.79. The van der Waals surface area contributed by atoms with Crippen molar-refractivity contribution in [2.24, 2.45) is 5.73 Å². The van der Waals surface area contributed by atoms with Gasteiger partial charge in [0.05, 0.1) is 6.04 Å². The number of hydrogen-bond acceptors (Lipinski definition) is 1. The summed E-state index contributed by atoms with van der Waals surface area (Å²) in [5.74, 6) is -1.72. The van der Waals surface area contributed by atoms with Gasteiger partial charge in [0.2, 0.25) is 0 Å². The highest BCUT2D eigenvalue weighted by Gasteiger charge is 2.13. The van der Waals surface area contributed by atoms with Crippen LogP contribution in [-0.4, -0.2) is 0 Å². The Hall–Kier alpha value is -1.74. The van der Waals surface area contributed by atoms with E-state index in [1.807, 2.05) is 32.0 Å². The molecule has 0 radical (unpaired) electrons. The van der Waals surface area contributed by atoms with E-state index < -0.39 is 17.7 Å². The van der Waals surface area contributed by atoms with Gasteiger partial charge >= 0.3 is 0 Å². The Morgan fingerprint density at radius 1 is 0.944 bits per heavy atom. The first-order valence-corrected chi connectivity index (χ1v) is 5.76. The van der Waals surface area contributed by atoms with Crippen molar-refractivity contribution in [2.45, 2.75) is 19.9 Å². The van der Waals surface area contributed by atoms with E-state index in [-0.39, 0.29) is 0 Å². The lowest BCUT2D eigenvalue weighted by atomic mass is 9.94. The van der Waals surface area contributed by atoms with Gasteiger partial charge in [-0.1, -0.05) is 29.8 Å². The summed E-state index contributed by atoms with van der Waals surface area (Å²) in [6.07, 6.45) is 0. The van der Waals surface area contributed by atoms with Crippen LogP contribution in [0.3, 0.4) is 0 Å². The van der Waals surface area contributed by atoms with Crippen LogP contribution in [0.4, 0.5) is 8.78 Å². The number of nitrogens with two attached hydrogens (primary N) is 1. The van der Waals surface area contributed by atoms with Crippen LogP contribution in [0.25, 0.3) is 0 Å². The van der Waals surface area contributed by atoms with Gasteiger partial charge in [-0.2, -0.15) is 0 Å². The van der Waals surface area contributed by atoms with Crippen molar-refractivity contribution in [3.05, 3.63) is 70.3 Å². The van der Waals surface area contributed by atoms with Crippen molar-refractivity contribution < 1.29 is 8.78 Å². The minimum atomic E-state index is -0.868. The van der Waals surface area contributed by atoms with Crippen molar-refractivity contribution in [1.29, 1.82) is 0 Å². The second kappa shape index (κ2) is 4.86. The lowest BCUT2D eigenvalue weighted by Crippen LogP contribution is -2.13. The van der Waals surface area contributed by atoms with E-state index in [1.165, 1.54) is 6.07 Å². The largest absolute Gasteiger partial charge is 0.320 e. The van der Waals surface area contributed by atoms with Gasteiger partial charge in [0.1, 0.15) is 0 Å². The molecule has 1 nitrogen and oxygen atoms in total. The highest BCUT2D eigenvalue weighted by molar-refractivity contribution is 5.38. The minimum Gasteiger partial charge on any atom is -0.320 e. The predicted octanol–water partition coefficient (Wildman–Crippen LogP) is 3.63. The van der Waals surface area contributed by atoms with E-state index in [2.05, 4.69) is 0 Å². The topological polar surface area (TPSA) is 26.0 Å². The van der Waals surface area contributed by atoms with Crippen molar-refractivity contribution in [3.63, 3.8) is 0 Å². The Labute approximate surface area is 105 Å². The molecule has 1 unspecified atom stereocenters. The Morgan fingerprint density at radius 3 is 2.28 bits per heavy atom. The van der Waals surface area contributed by atoms with Gasteiger partial charge in [0.25, 0.3) is 0 Å². The maximum absolute atomic E-state index is 13.2. The molecule has 18 heavy (non-hydrogen) atoms. The predicted molar refractivity (Wildman–Crippen MR) is 68.3 cm³/mol. The van der Waals surface area contributed by atoms with E-state index in [0.29, 0.717) is 5.56 Å². The summed E-state index contributed by atoms with van der Waals surface area (Å²) in [6.45, 7) is 3.96. The lowest BCUT2D eigenvalue weighted by Gasteiger charge is -2.16. The molecular formula is C15H15F2N. The SMILES string of the molecule is Cc1ccc(C(N)c2ccc(F)c(F)c2)c(C)c1. The molecule has 0 saturated carbocycles. The molecule has 0 aromatic heterocycles. The monoisotopic (exact) mass is 247 g/mol. The third kappa shape index (κ3) is 2.41. The highest BCUT2D eigenvalue weighted by atomic mass is 19.2. The molecule has 2 aromatic rings. The fourth-order valence-corrected chi connectivity index (χ4v) is 2.06.